The van der Waals surface area contributed by atoms with Gasteiger partial charge in [0.25, 0.3) is 0 Å². The molecule has 0 saturated heterocycles. The van der Waals surface area contributed by atoms with Crippen LogP contribution in [-0.4, -0.2) is 17.8 Å². The Hall–Kier alpha value is -2.24. The SMILES string of the molecule is Cc1ccccc1OC(=O)N=NC(=O)OC(C)(C)C. The van der Waals surface area contributed by atoms with E-state index in [1.54, 1.807) is 45.9 Å². The van der Waals surface area contributed by atoms with Gasteiger partial charge in [-0.15, -0.1) is 0 Å². The Morgan fingerprint density at radius 3 is 2.21 bits per heavy atom. The summed E-state index contributed by atoms with van der Waals surface area (Å²) in [5, 5.41) is 6.26. The van der Waals surface area contributed by atoms with Crippen LogP contribution >= 0.6 is 0 Å². The highest BCUT2D eigenvalue weighted by Gasteiger charge is 2.16. The van der Waals surface area contributed by atoms with Crippen molar-refractivity contribution in [2.45, 2.75) is 33.3 Å². The maximum atomic E-state index is 11.3. The first-order chi connectivity index (χ1) is 8.78. The van der Waals surface area contributed by atoms with Gasteiger partial charge in [-0.1, -0.05) is 28.4 Å². The van der Waals surface area contributed by atoms with Crippen LogP contribution in [0.15, 0.2) is 34.5 Å². The molecule has 6 nitrogen and oxygen atoms in total. The number of rotatable bonds is 1. The number of azo groups is 1. The first-order valence-electron chi connectivity index (χ1n) is 5.70. The molecule has 1 aromatic rings. The zero-order valence-corrected chi connectivity index (χ0v) is 11.3. The van der Waals surface area contributed by atoms with E-state index in [2.05, 4.69) is 10.2 Å². The lowest BCUT2D eigenvalue weighted by Crippen LogP contribution is -2.21. The maximum Gasteiger partial charge on any atom is 0.458 e. The molecule has 0 spiro atoms. The van der Waals surface area contributed by atoms with Gasteiger partial charge >= 0.3 is 12.2 Å². The molecule has 0 aliphatic carbocycles. The van der Waals surface area contributed by atoms with E-state index in [0.717, 1.165) is 5.56 Å². The van der Waals surface area contributed by atoms with E-state index in [4.69, 9.17) is 9.47 Å². The van der Waals surface area contributed by atoms with Crippen LogP contribution in [0.25, 0.3) is 0 Å². The Labute approximate surface area is 111 Å². The van der Waals surface area contributed by atoms with Gasteiger partial charge < -0.3 is 9.47 Å². The second kappa shape index (κ2) is 6.08. The van der Waals surface area contributed by atoms with Crippen molar-refractivity contribution in [2.24, 2.45) is 10.2 Å². The molecule has 19 heavy (non-hydrogen) atoms. The fourth-order valence-corrected chi connectivity index (χ4v) is 1.15. The number of amides is 2. The van der Waals surface area contributed by atoms with Crippen molar-refractivity contribution in [2.75, 3.05) is 0 Å². The number of carbonyl (C=O) groups excluding carboxylic acids is 2. The number of hydrogen-bond donors (Lipinski definition) is 0. The van der Waals surface area contributed by atoms with Crippen LogP contribution in [0, 0.1) is 6.92 Å². The van der Waals surface area contributed by atoms with Gasteiger partial charge in [0.1, 0.15) is 11.4 Å². The van der Waals surface area contributed by atoms with E-state index in [1.165, 1.54) is 0 Å². The number of carbonyl (C=O) groups is 2. The van der Waals surface area contributed by atoms with E-state index in [0.29, 0.717) is 5.75 Å². The van der Waals surface area contributed by atoms with Crippen LogP contribution in [0.5, 0.6) is 5.75 Å². The number of benzene rings is 1. The summed E-state index contributed by atoms with van der Waals surface area (Å²) < 4.78 is 9.77. The van der Waals surface area contributed by atoms with Crippen LogP contribution in [0.1, 0.15) is 26.3 Å². The fourth-order valence-electron chi connectivity index (χ4n) is 1.15. The van der Waals surface area contributed by atoms with Crippen molar-refractivity contribution < 1.29 is 19.1 Å². The Kier molecular flexibility index (Phi) is 4.74. The molecule has 1 aromatic carbocycles. The predicted molar refractivity (Wildman–Crippen MR) is 68.3 cm³/mol. The molecular weight excluding hydrogens is 248 g/mol. The zero-order chi connectivity index (χ0) is 14.5. The van der Waals surface area contributed by atoms with Crippen molar-refractivity contribution >= 4 is 12.2 Å². The Morgan fingerprint density at radius 1 is 1.05 bits per heavy atom. The average molecular weight is 264 g/mol. The molecule has 0 radical (unpaired) electrons. The van der Waals surface area contributed by atoms with Gasteiger partial charge in [-0.05, 0) is 39.3 Å². The highest BCUT2D eigenvalue weighted by atomic mass is 16.6. The van der Waals surface area contributed by atoms with Gasteiger partial charge in [-0.2, -0.15) is 0 Å². The van der Waals surface area contributed by atoms with Gasteiger partial charge in [0.15, 0.2) is 0 Å². The van der Waals surface area contributed by atoms with E-state index in [1.807, 2.05) is 6.07 Å². The van der Waals surface area contributed by atoms with Gasteiger partial charge in [0, 0.05) is 0 Å². The topological polar surface area (TPSA) is 77.3 Å². The van der Waals surface area contributed by atoms with Crippen molar-refractivity contribution in [3.8, 4) is 5.75 Å². The smallest absolute Gasteiger partial charge is 0.441 e. The lowest BCUT2D eigenvalue weighted by atomic mass is 10.2. The van der Waals surface area contributed by atoms with Gasteiger partial charge in [-0.25, -0.2) is 9.59 Å². The highest BCUT2D eigenvalue weighted by molar-refractivity contribution is 5.75. The van der Waals surface area contributed by atoms with Crippen molar-refractivity contribution in [1.82, 2.24) is 0 Å². The number of aryl methyl sites for hydroxylation is 1. The minimum atomic E-state index is -0.972. The van der Waals surface area contributed by atoms with E-state index in [9.17, 15) is 9.59 Å². The first-order valence-corrected chi connectivity index (χ1v) is 5.70. The second-order valence-corrected chi connectivity index (χ2v) is 4.81. The molecule has 1 rings (SSSR count). The fraction of sp³-hybridized carbons (Fsp3) is 0.385. The average Bonchev–Trinajstić information content (AvgIpc) is 2.27. The largest absolute Gasteiger partial charge is 0.458 e. The van der Waals surface area contributed by atoms with Crippen LogP contribution < -0.4 is 4.74 Å². The third kappa shape index (κ3) is 5.76. The molecule has 0 bridgehead atoms. The third-order valence-corrected chi connectivity index (χ3v) is 1.90. The van der Waals surface area contributed by atoms with E-state index >= 15 is 0 Å². The second-order valence-electron chi connectivity index (χ2n) is 4.81. The number of hydrogen-bond acceptors (Lipinski definition) is 4. The summed E-state index contributed by atoms with van der Waals surface area (Å²) in [7, 11) is 0. The summed E-state index contributed by atoms with van der Waals surface area (Å²) in [4.78, 5) is 22.5. The molecule has 102 valence electrons. The predicted octanol–water partition coefficient (Wildman–Crippen LogP) is 3.88. The molecule has 0 unspecified atom stereocenters. The molecule has 2 amide bonds. The minimum Gasteiger partial charge on any atom is -0.441 e. The minimum absolute atomic E-state index is 0.371. The Bertz CT molecular complexity index is 504. The maximum absolute atomic E-state index is 11.3. The number of para-hydroxylation sites is 1. The molecule has 0 aliphatic rings. The molecule has 0 fully saturated rings. The standard InChI is InChI=1S/C13H16N2O4/c1-9-7-5-6-8-10(9)18-11(16)14-15-12(17)19-13(2,3)4/h5-8H,1-4H3. The first kappa shape index (κ1) is 14.8. The van der Waals surface area contributed by atoms with Gasteiger partial charge in [0.2, 0.25) is 0 Å². The molecule has 0 heterocycles. The molecule has 0 saturated carbocycles. The summed E-state index contributed by atoms with van der Waals surface area (Å²) in [6.07, 6.45) is -1.91. The van der Waals surface area contributed by atoms with Crippen molar-refractivity contribution in [3.63, 3.8) is 0 Å². The van der Waals surface area contributed by atoms with Crippen molar-refractivity contribution in [1.29, 1.82) is 0 Å². The molecule has 6 heteroatoms. The van der Waals surface area contributed by atoms with E-state index in [-0.39, 0.29) is 0 Å². The Morgan fingerprint density at radius 2 is 1.63 bits per heavy atom. The highest BCUT2D eigenvalue weighted by Crippen LogP contribution is 2.16. The summed E-state index contributed by atoms with van der Waals surface area (Å²) in [5.74, 6) is 0.371. The Balaban J connectivity index is 2.57. The summed E-state index contributed by atoms with van der Waals surface area (Å²) >= 11 is 0. The molecular formula is C13H16N2O4. The summed E-state index contributed by atoms with van der Waals surface area (Å²) in [5.41, 5.74) is 0.0964. The van der Waals surface area contributed by atoms with Crippen LogP contribution in [-0.2, 0) is 4.74 Å². The normalized spacial score (nSPS) is 11.4. The molecule has 0 aromatic heterocycles. The lowest BCUT2D eigenvalue weighted by Gasteiger charge is -2.16. The van der Waals surface area contributed by atoms with Crippen molar-refractivity contribution in [3.05, 3.63) is 29.8 Å². The summed E-state index contributed by atoms with van der Waals surface area (Å²) in [6.45, 7) is 6.85. The number of nitrogens with zero attached hydrogens (tertiary/aromatic N) is 2. The van der Waals surface area contributed by atoms with Crippen LogP contribution in [0.4, 0.5) is 9.59 Å². The molecule has 0 aliphatic heterocycles. The number of ether oxygens (including phenoxy) is 2. The summed E-state index contributed by atoms with van der Waals surface area (Å²) in [6, 6.07) is 6.94. The monoisotopic (exact) mass is 264 g/mol. The van der Waals surface area contributed by atoms with Crippen LogP contribution in [0.3, 0.4) is 0 Å². The molecule has 0 atom stereocenters. The quantitative estimate of drug-likeness (QED) is 0.721. The third-order valence-electron chi connectivity index (χ3n) is 1.90. The van der Waals surface area contributed by atoms with Gasteiger partial charge in [0.05, 0.1) is 0 Å². The lowest BCUT2D eigenvalue weighted by molar-refractivity contribution is 0.0589. The van der Waals surface area contributed by atoms with Gasteiger partial charge in [-0.3, -0.25) is 0 Å². The zero-order valence-electron chi connectivity index (χ0n) is 11.3. The van der Waals surface area contributed by atoms with Crippen LogP contribution in [0.2, 0.25) is 0 Å². The molecule has 0 N–H and O–H groups in total. The van der Waals surface area contributed by atoms with E-state index < -0.39 is 17.8 Å².